The molecule has 2 aromatic heterocycles. The van der Waals surface area contributed by atoms with Gasteiger partial charge in [-0.1, -0.05) is 6.92 Å². The lowest BCUT2D eigenvalue weighted by Gasteiger charge is -2.47. The van der Waals surface area contributed by atoms with Gasteiger partial charge in [-0.3, -0.25) is 0 Å². The number of aryl methyl sites for hydroxylation is 1. The second kappa shape index (κ2) is 5.04. The van der Waals surface area contributed by atoms with E-state index in [0.717, 1.165) is 47.2 Å². The standard InChI is InChI=1S/C17H18N4OS/c1-2-10-5-13(16-18-3-4-23-16)15-14(6-10)20-17(22-15)21-8-11-7-12(9-21)19-11/h3-6,11-12,19H,2,7-9H2,1H3. The van der Waals surface area contributed by atoms with Crippen LogP contribution in [0.4, 0.5) is 6.01 Å². The number of piperidine rings is 1. The van der Waals surface area contributed by atoms with Crippen LogP contribution >= 0.6 is 11.3 Å². The first-order valence-corrected chi connectivity index (χ1v) is 9.02. The lowest BCUT2D eigenvalue weighted by Crippen LogP contribution is -2.67. The third kappa shape index (κ3) is 2.16. The molecule has 2 unspecified atom stereocenters. The van der Waals surface area contributed by atoms with Crippen LogP contribution in [-0.4, -0.2) is 35.1 Å². The van der Waals surface area contributed by atoms with Crippen molar-refractivity contribution in [2.24, 2.45) is 0 Å². The summed E-state index contributed by atoms with van der Waals surface area (Å²) < 4.78 is 6.18. The maximum atomic E-state index is 6.18. The fourth-order valence-electron chi connectivity index (χ4n) is 3.60. The molecule has 6 heteroatoms. The Balaban J connectivity index is 1.62. The van der Waals surface area contributed by atoms with Gasteiger partial charge in [0.1, 0.15) is 10.5 Å². The molecule has 0 spiro atoms. The Morgan fingerprint density at radius 3 is 2.87 bits per heavy atom. The highest BCUT2D eigenvalue weighted by molar-refractivity contribution is 7.13. The Bertz CT molecular complexity index is 841. The number of aromatic nitrogens is 2. The van der Waals surface area contributed by atoms with Crippen molar-refractivity contribution in [3.05, 3.63) is 29.3 Å². The summed E-state index contributed by atoms with van der Waals surface area (Å²) in [6, 6.07) is 6.26. The number of benzene rings is 1. The van der Waals surface area contributed by atoms with Gasteiger partial charge in [-0.05, 0) is 30.5 Å². The summed E-state index contributed by atoms with van der Waals surface area (Å²) in [5.74, 6) is 0. The summed E-state index contributed by atoms with van der Waals surface area (Å²) in [6.07, 6.45) is 4.10. The molecule has 0 radical (unpaired) electrons. The van der Waals surface area contributed by atoms with E-state index in [2.05, 4.69) is 34.3 Å². The molecule has 3 aromatic rings. The maximum absolute atomic E-state index is 6.18. The first kappa shape index (κ1) is 13.5. The van der Waals surface area contributed by atoms with Crippen molar-refractivity contribution in [1.29, 1.82) is 0 Å². The van der Waals surface area contributed by atoms with Crippen LogP contribution in [0.5, 0.6) is 0 Å². The molecule has 1 aromatic carbocycles. The summed E-state index contributed by atoms with van der Waals surface area (Å²) in [7, 11) is 0. The number of hydrogen-bond donors (Lipinski definition) is 1. The van der Waals surface area contributed by atoms with Crippen molar-refractivity contribution in [2.45, 2.75) is 31.8 Å². The van der Waals surface area contributed by atoms with Gasteiger partial charge in [-0.15, -0.1) is 11.3 Å². The smallest absolute Gasteiger partial charge is 0.298 e. The Morgan fingerprint density at radius 1 is 1.35 bits per heavy atom. The molecule has 3 aliphatic heterocycles. The second-order valence-electron chi connectivity index (χ2n) is 6.38. The van der Waals surface area contributed by atoms with E-state index in [-0.39, 0.29) is 0 Å². The van der Waals surface area contributed by atoms with Gasteiger partial charge in [0, 0.05) is 36.8 Å². The lowest BCUT2D eigenvalue weighted by atomic mass is 9.92. The first-order valence-electron chi connectivity index (χ1n) is 8.14. The number of nitrogens with zero attached hydrogens (tertiary/aromatic N) is 3. The van der Waals surface area contributed by atoms with Crippen molar-refractivity contribution >= 4 is 28.5 Å². The number of thiazole rings is 1. The molecule has 0 saturated carbocycles. The summed E-state index contributed by atoms with van der Waals surface area (Å²) in [6.45, 7) is 4.13. The van der Waals surface area contributed by atoms with Gasteiger partial charge < -0.3 is 14.6 Å². The molecule has 0 amide bonds. The quantitative estimate of drug-likeness (QED) is 0.802. The zero-order valence-electron chi connectivity index (χ0n) is 13.0. The highest BCUT2D eigenvalue weighted by Gasteiger charge is 2.38. The van der Waals surface area contributed by atoms with E-state index in [1.807, 2.05) is 11.6 Å². The number of anilines is 1. The fraction of sp³-hybridized carbons (Fsp3) is 0.412. The van der Waals surface area contributed by atoms with E-state index in [1.54, 1.807) is 11.3 Å². The molecule has 3 saturated heterocycles. The molecular formula is C17H18N4OS. The number of nitrogens with one attached hydrogen (secondary N) is 1. The van der Waals surface area contributed by atoms with E-state index in [0.29, 0.717) is 12.1 Å². The van der Waals surface area contributed by atoms with Gasteiger partial charge >= 0.3 is 0 Å². The molecule has 2 bridgehead atoms. The van der Waals surface area contributed by atoms with Crippen LogP contribution in [0.15, 0.2) is 28.1 Å². The van der Waals surface area contributed by atoms with Gasteiger partial charge in [0.15, 0.2) is 5.58 Å². The predicted octanol–water partition coefficient (Wildman–Crippen LogP) is 3.06. The average molecular weight is 326 g/mol. The Labute approximate surface area is 138 Å². The SMILES string of the molecule is CCc1cc(-c2nccs2)c2oc(N3CC4CC(C3)N4)nc2c1. The van der Waals surface area contributed by atoms with Crippen molar-refractivity contribution in [1.82, 2.24) is 15.3 Å². The van der Waals surface area contributed by atoms with Crippen molar-refractivity contribution in [2.75, 3.05) is 18.0 Å². The van der Waals surface area contributed by atoms with E-state index < -0.39 is 0 Å². The monoisotopic (exact) mass is 326 g/mol. The van der Waals surface area contributed by atoms with E-state index in [1.165, 1.54) is 12.0 Å². The predicted molar refractivity (Wildman–Crippen MR) is 92.0 cm³/mol. The molecular weight excluding hydrogens is 308 g/mol. The van der Waals surface area contributed by atoms with E-state index in [4.69, 9.17) is 9.40 Å². The number of rotatable bonds is 3. The largest absolute Gasteiger partial charge is 0.423 e. The van der Waals surface area contributed by atoms with Gasteiger partial charge in [0.25, 0.3) is 6.01 Å². The van der Waals surface area contributed by atoms with Crippen LogP contribution in [0.2, 0.25) is 0 Å². The zero-order valence-corrected chi connectivity index (χ0v) is 13.8. The molecule has 118 valence electrons. The number of fused-ring (bicyclic) bond motifs is 3. The molecule has 6 rings (SSSR count). The highest BCUT2D eigenvalue weighted by Crippen LogP contribution is 2.35. The topological polar surface area (TPSA) is 54.2 Å². The Morgan fingerprint density at radius 2 is 2.17 bits per heavy atom. The van der Waals surface area contributed by atoms with Gasteiger partial charge in [0.2, 0.25) is 0 Å². The molecule has 1 N–H and O–H groups in total. The van der Waals surface area contributed by atoms with Gasteiger partial charge in [-0.25, -0.2) is 4.98 Å². The first-order chi connectivity index (χ1) is 11.3. The molecule has 0 aliphatic carbocycles. The summed E-state index contributed by atoms with van der Waals surface area (Å²) in [5.41, 5.74) is 4.13. The molecule has 5 nitrogen and oxygen atoms in total. The summed E-state index contributed by atoms with van der Waals surface area (Å²) in [4.78, 5) is 11.5. The van der Waals surface area contributed by atoms with E-state index in [9.17, 15) is 0 Å². The zero-order chi connectivity index (χ0) is 15.4. The maximum Gasteiger partial charge on any atom is 0.298 e. The van der Waals surface area contributed by atoms with Crippen LogP contribution in [0.1, 0.15) is 18.9 Å². The molecule has 2 atom stereocenters. The minimum atomic E-state index is 0.591. The fourth-order valence-corrected chi connectivity index (χ4v) is 4.25. The number of hydrogen-bond acceptors (Lipinski definition) is 6. The Kier molecular flexibility index (Phi) is 2.96. The third-order valence-electron chi connectivity index (χ3n) is 4.80. The van der Waals surface area contributed by atoms with Crippen LogP contribution in [0, 0.1) is 0 Å². The van der Waals surface area contributed by atoms with Crippen molar-refractivity contribution in [3.8, 4) is 10.6 Å². The lowest BCUT2D eigenvalue weighted by molar-refractivity contribution is 0.220. The van der Waals surface area contributed by atoms with Crippen LogP contribution < -0.4 is 10.2 Å². The Hall–Kier alpha value is -1.92. The van der Waals surface area contributed by atoms with E-state index >= 15 is 0 Å². The molecule has 5 heterocycles. The van der Waals surface area contributed by atoms with Crippen molar-refractivity contribution in [3.63, 3.8) is 0 Å². The van der Waals surface area contributed by atoms with Crippen LogP contribution in [-0.2, 0) is 6.42 Å². The number of oxazole rings is 1. The summed E-state index contributed by atoms with van der Waals surface area (Å²) >= 11 is 1.64. The van der Waals surface area contributed by atoms with Crippen molar-refractivity contribution < 1.29 is 4.42 Å². The normalized spacial score (nSPS) is 23.3. The van der Waals surface area contributed by atoms with Crippen LogP contribution in [0.25, 0.3) is 21.7 Å². The highest BCUT2D eigenvalue weighted by atomic mass is 32.1. The molecule has 23 heavy (non-hydrogen) atoms. The minimum absolute atomic E-state index is 0.591. The summed E-state index contributed by atoms with van der Waals surface area (Å²) in [5, 5.41) is 6.54. The van der Waals surface area contributed by atoms with Gasteiger partial charge in [-0.2, -0.15) is 4.98 Å². The minimum Gasteiger partial charge on any atom is -0.423 e. The molecule has 3 fully saturated rings. The van der Waals surface area contributed by atoms with Crippen LogP contribution in [0.3, 0.4) is 0 Å². The second-order valence-corrected chi connectivity index (χ2v) is 7.27. The van der Waals surface area contributed by atoms with Gasteiger partial charge in [0.05, 0.1) is 5.56 Å². The number of piperazine rings is 1. The molecule has 3 aliphatic rings. The average Bonchev–Trinajstić information content (AvgIpc) is 3.22. The third-order valence-corrected chi connectivity index (χ3v) is 5.61.